The average Bonchev–Trinajstić information content (AvgIpc) is 3.18. The average molecular weight is 371 g/mol. The van der Waals surface area contributed by atoms with Gasteiger partial charge in [-0.25, -0.2) is 4.79 Å². The Kier molecular flexibility index (Phi) is 6.83. The summed E-state index contributed by atoms with van der Waals surface area (Å²) in [6.07, 6.45) is 2.10. The second-order valence-electron chi connectivity index (χ2n) is 6.35. The molecule has 138 valence electrons. The first kappa shape index (κ1) is 18.6. The number of carbonyl (C=O) groups is 1. The fourth-order valence-corrected chi connectivity index (χ4v) is 4.17. The SMILES string of the molecule is CCCCNC(=O)N1CCS[C@H]1c1cccc(OCc2ccccc2)c1. The molecule has 1 aliphatic heterocycles. The summed E-state index contributed by atoms with van der Waals surface area (Å²) in [5.41, 5.74) is 2.26. The van der Waals surface area contributed by atoms with Crippen LogP contribution in [0.1, 0.15) is 36.3 Å². The minimum atomic E-state index is 0.0315. The molecular weight excluding hydrogens is 344 g/mol. The van der Waals surface area contributed by atoms with Crippen molar-refractivity contribution in [2.75, 3.05) is 18.8 Å². The number of benzene rings is 2. The highest BCUT2D eigenvalue weighted by Gasteiger charge is 2.30. The fourth-order valence-electron chi connectivity index (χ4n) is 2.93. The number of rotatable bonds is 7. The molecule has 1 saturated heterocycles. The van der Waals surface area contributed by atoms with E-state index in [1.807, 2.05) is 35.2 Å². The summed E-state index contributed by atoms with van der Waals surface area (Å²) >= 11 is 1.80. The molecule has 1 aliphatic rings. The molecule has 4 nitrogen and oxygen atoms in total. The van der Waals surface area contributed by atoms with Gasteiger partial charge in [-0.15, -0.1) is 11.8 Å². The Labute approximate surface area is 159 Å². The third-order valence-electron chi connectivity index (χ3n) is 4.35. The molecule has 1 N–H and O–H groups in total. The van der Waals surface area contributed by atoms with Crippen molar-refractivity contribution in [1.82, 2.24) is 10.2 Å². The number of hydrogen-bond acceptors (Lipinski definition) is 3. The molecule has 0 unspecified atom stereocenters. The number of hydrogen-bond donors (Lipinski definition) is 1. The van der Waals surface area contributed by atoms with Crippen molar-refractivity contribution in [3.8, 4) is 5.75 Å². The van der Waals surface area contributed by atoms with Gasteiger partial charge in [-0.1, -0.05) is 55.8 Å². The van der Waals surface area contributed by atoms with E-state index in [1.54, 1.807) is 11.8 Å². The molecule has 1 fully saturated rings. The molecule has 3 rings (SSSR count). The maximum absolute atomic E-state index is 12.5. The molecule has 2 aromatic rings. The van der Waals surface area contributed by atoms with E-state index in [2.05, 4.69) is 36.5 Å². The highest BCUT2D eigenvalue weighted by atomic mass is 32.2. The number of urea groups is 1. The predicted octanol–water partition coefficient (Wildman–Crippen LogP) is 4.82. The molecule has 0 bridgehead atoms. The zero-order valence-electron chi connectivity index (χ0n) is 15.2. The Hall–Kier alpha value is -2.14. The smallest absolute Gasteiger partial charge is 0.318 e. The summed E-state index contributed by atoms with van der Waals surface area (Å²) < 4.78 is 5.94. The fraction of sp³-hybridized carbons (Fsp3) is 0.381. The van der Waals surface area contributed by atoms with Gasteiger partial charge in [-0.2, -0.15) is 0 Å². The van der Waals surface area contributed by atoms with Gasteiger partial charge in [0.2, 0.25) is 0 Å². The van der Waals surface area contributed by atoms with Crippen LogP contribution in [-0.2, 0) is 6.61 Å². The summed E-state index contributed by atoms with van der Waals surface area (Å²) in [5.74, 6) is 1.80. The van der Waals surface area contributed by atoms with Crippen molar-refractivity contribution in [3.05, 3.63) is 65.7 Å². The number of nitrogens with zero attached hydrogens (tertiary/aromatic N) is 1. The molecule has 0 radical (unpaired) electrons. The maximum atomic E-state index is 12.5. The van der Waals surface area contributed by atoms with E-state index >= 15 is 0 Å². The Morgan fingerprint density at radius 3 is 2.88 bits per heavy atom. The van der Waals surface area contributed by atoms with E-state index < -0.39 is 0 Å². The zero-order valence-corrected chi connectivity index (χ0v) is 16.0. The third-order valence-corrected chi connectivity index (χ3v) is 5.61. The van der Waals surface area contributed by atoms with Crippen molar-refractivity contribution in [1.29, 1.82) is 0 Å². The van der Waals surface area contributed by atoms with Crippen molar-refractivity contribution < 1.29 is 9.53 Å². The molecule has 2 aromatic carbocycles. The van der Waals surface area contributed by atoms with Crippen LogP contribution >= 0.6 is 11.8 Å². The minimum absolute atomic E-state index is 0.0315. The van der Waals surface area contributed by atoms with Gasteiger partial charge in [0, 0.05) is 18.8 Å². The van der Waals surface area contributed by atoms with E-state index in [0.29, 0.717) is 6.61 Å². The predicted molar refractivity (Wildman–Crippen MR) is 107 cm³/mol. The van der Waals surface area contributed by atoms with Crippen LogP contribution in [0, 0.1) is 0 Å². The minimum Gasteiger partial charge on any atom is -0.489 e. The Bertz CT molecular complexity index is 708. The molecule has 1 heterocycles. The van der Waals surface area contributed by atoms with Crippen molar-refractivity contribution in [2.45, 2.75) is 31.7 Å². The van der Waals surface area contributed by atoms with Gasteiger partial charge < -0.3 is 15.0 Å². The second kappa shape index (κ2) is 9.53. The summed E-state index contributed by atoms with van der Waals surface area (Å²) in [4.78, 5) is 14.4. The van der Waals surface area contributed by atoms with Crippen LogP contribution in [0.5, 0.6) is 5.75 Å². The lowest BCUT2D eigenvalue weighted by atomic mass is 10.2. The number of amides is 2. The summed E-state index contributed by atoms with van der Waals surface area (Å²) in [6, 6.07) is 18.3. The topological polar surface area (TPSA) is 41.6 Å². The van der Waals surface area contributed by atoms with Gasteiger partial charge >= 0.3 is 6.03 Å². The van der Waals surface area contributed by atoms with E-state index in [1.165, 1.54) is 0 Å². The van der Waals surface area contributed by atoms with E-state index in [4.69, 9.17) is 4.74 Å². The first-order valence-corrected chi connectivity index (χ1v) is 10.3. The molecular formula is C21H26N2O2S. The first-order valence-electron chi connectivity index (χ1n) is 9.20. The molecule has 0 spiro atoms. The highest BCUT2D eigenvalue weighted by molar-refractivity contribution is 7.99. The monoisotopic (exact) mass is 370 g/mol. The van der Waals surface area contributed by atoms with Crippen molar-refractivity contribution >= 4 is 17.8 Å². The molecule has 5 heteroatoms. The van der Waals surface area contributed by atoms with E-state index in [9.17, 15) is 4.79 Å². The normalized spacial score (nSPS) is 16.5. The quantitative estimate of drug-likeness (QED) is 0.710. The van der Waals surface area contributed by atoms with E-state index in [0.717, 1.165) is 48.6 Å². The molecule has 0 aromatic heterocycles. The van der Waals surface area contributed by atoms with Gasteiger partial charge in [0.1, 0.15) is 17.7 Å². The summed E-state index contributed by atoms with van der Waals surface area (Å²) in [6.45, 7) is 4.19. The third kappa shape index (κ3) is 4.94. The molecule has 0 aliphatic carbocycles. The Balaban J connectivity index is 1.63. The van der Waals surface area contributed by atoms with Gasteiger partial charge in [0.25, 0.3) is 0 Å². The van der Waals surface area contributed by atoms with Crippen LogP contribution in [0.2, 0.25) is 0 Å². The first-order chi connectivity index (χ1) is 12.8. The van der Waals surface area contributed by atoms with Crippen LogP contribution in [0.3, 0.4) is 0 Å². The van der Waals surface area contributed by atoms with Crippen molar-refractivity contribution in [2.24, 2.45) is 0 Å². The van der Waals surface area contributed by atoms with Gasteiger partial charge in [-0.3, -0.25) is 0 Å². The number of carbonyl (C=O) groups excluding carboxylic acids is 1. The van der Waals surface area contributed by atoms with Gasteiger partial charge in [0.15, 0.2) is 0 Å². The lowest BCUT2D eigenvalue weighted by molar-refractivity contribution is 0.200. The Morgan fingerprint density at radius 2 is 2.08 bits per heavy atom. The van der Waals surface area contributed by atoms with Gasteiger partial charge in [-0.05, 0) is 29.7 Å². The molecule has 0 saturated carbocycles. The van der Waals surface area contributed by atoms with Crippen LogP contribution in [0.4, 0.5) is 4.79 Å². The summed E-state index contributed by atoms with van der Waals surface area (Å²) in [5, 5.41) is 3.08. The van der Waals surface area contributed by atoms with Crippen LogP contribution in [0.25, 0.3) is 0 Å². The molecule has 1 atom stereocenters. The van der Waals surface area contributed by atoms with Gasteiger partial charge in [0.05, 0.1) is 0 Å². The maximum Gasteiger partial charge on any atom is 0.318 e. The lowest BCUT2D eigenvalue weighted by Crippen LogP contribution is -2.39. The Morgan fingerprint density at radius 1 is 1.23 bits per heavy atom. The van der Waals surface area contributed by atoms with Crippen LogP contribution in [0.15, 0.2) is 54.6 Å². The zero-order chi connectivity index (χ0) is 18.2. The number of thioether (sulfide) groups is 1. The summed E-state index contributed by atoms with van der Waals surface area (Å²) in [7, 11) is 0. The van der Waals surface area contributed by atoms with E-state index in [-0.39, 0.29) is 11.4 Å². The number of ether oxygens (including phenoxy) is 1. The highest BCUT2D eigenvalue weighted by Crippen LogP contribution is 2.38. The largest absolute Gasteiger partial charge is 0.489 e. The molecule has 2 amide bonds. The van der Waals surface area contributed by atoms with Crippen LogP contribution in [-0.4, -0.2) is 29.8 Å². The molecule has 26 heavy (non-hydrogen) atoms. The van der Waals surface area contributed by atoms with Crippen molar-refractivity contribution in [3.63, 3.8) is 0 Å². The standard InChI is InChI=1S/C21H26N2O2S/c1-2-3-12-22-21(24)23-13-14-26-20(23)18-10-7-11-19(15-18)25-16-17-8-5-4-6-9-17/h4-11,15,20H,2-3,12-14,16H2,1H3,(H,22,24)/t20-/m0/s1. The number of unbranched alkanes of at least 4 members (excludes halogenated alkanes) is 1. The van der Waals surface area contributed by atoms with Crippen LogP contribution < -0.4 is 10.1 Å². The lowest BCUT2D eigenvalue weighted by Gasteiger charge is -2.24. The number of nitrogens with one attached hydrogen (secondary N) is 1. The second-order valence-corrected chi connectivity index (χ2v) is 7.54.